The Balaban J connectivity index is 2.12. The quantitative estimate of drug-likeness (QED) is 0.287. The molecule has 2 amide bonds. The van der Waals surface area contributed by atoms with E-state index in [9.17, 15) is 9.59 Å². The number of amides is 2. The molecule has 30 heavy (non-hydrogen) atoms. The van der Waals surface area contributed by atoms with E-state index in [0.29, 0.717) is 34.7 Å². The summed E-state index contributed by atoms with van der Waals surface area (Å²) >= 11 is 3.41. The number of urea groups is 1. The zero-order valence-corrected chi connectivity index (χ0v) is 18.2. The van der Waals surface area contributed by atoms with Gasteiger partial charge in [-0.3, -0.25) is 0 Å². The topological polar surface area (TPSA) is 109 Å². The van der Waals surface area contributed by atoms with E-state index < -0.39 is 18.6 Å². The Kier molecular flexibility index (Phi) is 8.42. The van der Waals surface area contributed by atoms with Crippen molar-refractivity contribution in [1.29, 1.82) is 0 Å². The van der Waals surface area contributed by atoms with Gasteiger partial charge in [0.1, 0.15) is 0 Å². The van der Waals surface area contributed by atoms with Crippen molar-refractivity contribution in [3.05, 3.63) is 64.1 Å². The fraction of sp³-hybridized carbons (Fsp3) is 0.190. The number of carbonyl (C=O) groups is 2. The van der Waals surface area contributed by atoms with Gasteiger partial charge in [0.25, 0.3) is 0 Å². The first-order valence-electron chi connectivity index (χ1n) is 8.86. The summed E-state index contributed by atoms with van der Waals surface area (Å²) in [5.74, 6) is -0.413. The van der Waals surface area contributed by atoms with Crippen LogP contribution in [0.15, 0.2) is 52.6 Å². The number of methoxy groups -OCH3 is 1. The van der Waals surface area contributed by atoms with E-state index in [2.05, 4.69) is 38.4 Å². The summed E-state index contributed by atoms with van der Waals surface area (Å²) in [6.07, 6.45) is 3.54. The van der Waals surface area contributed by atoms with Gasteiger partial charge in [0.2, 0.25) is 0 Å². The van der Waals surface area contributed by atoms with Gasteiger partial charge in [-0.1, -0.05) is 22.0 Å². The summed E-state index contributed by atoms with van der Waals surface area (Å²) in [4.78, 5) is 22.9. The third-order valence-electron chi connectivity index (χ3n) is 3.87. The number of carboxylic acid groups (broad SMARTS) is 1. The molecule has 0 aliphatic heterocycles. The van der Waals surface area contributed by atoms with Crippen molar-refractivity contribution in [3.63, 3.8) is 0 Å². The smallest absolute Gasteiger partial charge is 0.341 e. The number of allylic oxidation sites excluding steroid dienone is 1. The molecule has 8 nitrogen and oxygen atoms in total. The number of hydrogen-bond donors (Lipinski definition) is 3. The maximum absolute atomic E-state index is 12.0. The van der Waals surface area contributed by atoms with Gasteiger partial charge < -0.3 is 19.9 Å². The van der Waals surface area contributed by atoms with Crippen molar-refractivity contribution in [2.24, 2.45) is 5.10 Å². The minimum Gasteiger partial charge on any atom is -0.493 e. The van der Waals surface area contributed by atoms with Crippen molar-refractivity contribution in [2.45, 2.75) is 13.3 Å². The number of hydrogen-bond acceptors (Lipinski definition) is 5. The van der Waals surface area contributed by atoms with Crippen molar-refractivity contribution in [2.75, 3.05) is 19.0 Å². The average Bonchev–Trinajstić information content (AvgIpc) is 2.69. The van der Waals surface area contributed by atoms with Crippen LogP contribution in [-0.4, -0.2) is 37.0 Å². The van der Waals surface area contributed by atoms with Crippen molar-refractivity contribution < 1.29 is 24.2 Å². The lowest BCUT2D eigenvalue weighted by Gasteiger charge is -2.14. The van der Waals surface area contributed by atoms with E-state index in [1.54, 1.807) is 24.3 Å². The van der Waals surface area contributed by atoms with Gasteiger partial charge in [-0.05, 0) is 54.8 Å². The molecular formula is C21H22BrN3O5. The highest BCUT2D eigenvalue weighted by Crippen LogP contribution is 2.33. The van der Waals surface area contributed by atoms with E-state index in [0.717, 1.165) is 10.0 Å². The highest BCUT2D eigenvalue weighted by atomic mass is 79.9. The van der Waals surface area contributed by atoms with Crippen LogP contribution < -0.4 is 20.2 Å². The molecule has 0 aliphatic rings. The number of anilines is 1. The van der Waals surface area contributed by atoms with E-state index in [-0.39, 0.29) is 0 Å². The van der Waals surface area contributed by atoms with Gasteiger partial charge in [-0.15, -0.1) is 6.58 Å². The van der Waals surface area contributed by atoms with Gasteiger partial charge in [0, 0.05) is 15.7 Å². The van der Waals surface area contributed by atoms with Crippen LogP contribution in [-0.2, 0) is 11.2 Å². The maximum atomic E-state index is 12.0. The number of benzene rings is 2. The van der Waals surface area contributed by atoms with Crippen molar-refractivity contribution in [1.82, 2.24) is 5.43 Å². The summed E-state index contributed by atoms with van der Waals surface area (Å²) < 4.78 is 11.6. The second-order valence-electron chi connectivity index (χ2n) is 6.17. The fourth-order valence-electron chi connectivity index (χ4n) is 2.56. The number of nitrogens with one attached hydrogen (secondary N) is 2. The van der Waals surface area contributed by atoms with Crippen LogP contribution in [0.1, 0.15) is 16.7 Å². The van der Waals surface area contributed by atoms with E-state index >= 15 is 0 Å². The van der Waals surface area contributed by atoms with Crippen LogP contribution in [0, 0.1) is 6.92 Å². The largest absolute Gasteiger partial charge is 0.493 e. The first-order valence-corrected chi connectivity index (χ1v) is 9.66. The average molecular weight is 476 g/mol. The molecule has 0 fully saturated rings. The molecule has 3 N–H and O–H groups in total. The van der Waals surface area contributed by atoms with Crippen LogP contribution in [0.5, 0.6) is 11.5 Å². The standard InChI is InChI=1S/C21H22BrN3O5/c1-4-5-15-9-14(10-18(29-3)20(15)30-12-19(26)27)11-23-25-21(28)24-16-6-7-17(22)13(2)8-16/h4,6-11H,1,5,12H2,2-3H3,(H,26,27)(H2,24,25,28)/b23-11+. The molecule has 0 unspecified atom stereocenters. The molecule has 0 spiro atoms. The number of carbonyl (C=O) groups excluding carboxylic acids is 1. The number of halogens is 1. The molecule has 2 aromatic carbocycles. The van der Waals surface area contributed by atoms with Crippen molar-refractivity contribution in [3.8, 4) is 11.5 Å². The summed E-state index contributed by atoms with van der Waals surface area (Å²) in [5, 5.41) is 15.5. The Morgan fingerprint density at radius 2 is 2.07 bits per heavy atom. The van der Waals surface area contributed by atoms with E-state index in [1.807, 2.05) is 19.1 Å². The first kappa shape index (κ1) is 23.0. The Morgan fingerprint density at radius 1 is 1.30 bits per heavy atom. The highest BCUT2D eigenvalue weighted by molar-refractivity contribution is 9.10. The minimum absolute atomic E-state index is 0.327. The lowest BCUT2D eigenvalue weighted by Crippen LogP contribution is -2.24. The summed E-state index contributed by atoms with van der Waals surface area (Å²) in [6, 6.07) is 8.33. The number of aryl methyl sites for hydroxylation is 1. The summed E-state index contributed by atoms with van der Waals surface area (Å²) in [7, 11) is 1.45. The monoisotopic (exact) mass is 475 g/mol. The predicted octanol–water partition coefficient (Wildman–Crippen LogP) is 4.11. The van der Waals surface area contributed by atoms with Gasteiger partial charge in [-0.2, -0.15) is 5.10 Å². The number of nitrogens with zero attached hydrogens (tertiary/aromatic N) is 1. The van der Waals surface area contributed by atoms with E-state index in [1.165, 1.54) is 13.3 Å². The summed E-state index contributed by atoms with van der Waals surface area (Å²) in [5.41, 5.74) is 5.33. The zero-order chi connectivity index (χ0) is 22.1. The molecule has 0 saturated heterocycles. The molecule has 2 rings (SSSR count). The molecule has 158 valence electrons. The number of rotatable bonds is 9. The lowest BCUT2D eigenvalue weighted by molar-refractivity contribution is -0.139. The van der Waals surface area contributed by atoms with Crippen LogP contribution in [0.3, 0.4) is 0 Å². The summed E-state index contributed by atoms with van der Waals surface area (Å²) in [6.45, 7) is 5.12. The zero-order valence-electron chi connectivity index (χ0n) is 16.6. The highest BCUT2D eigenvalue weighted by Gasteiger charge is 2.13. The molecule has 0 bridgehead atoms. The Morgan fingerprint density at radius 3 is 2.70 bits per heavy atom. The second kappa shape index (κ2) is 11.0. The Bertz CT molecular complexity index is 975. The molecule has 0 saturated carbocycles. The first-order chi connectivity index (χ1) is 14.3. The fourth-order valence-corrected chi connectivity index (χ4v) is 2.81. The number of aliphatic carboxylic acids is 1. The van der Waals surface area contributed by atoms with Gasteiger partial charge in [-0.25, -0.2) is 15.0 Å². The number of ether oxygens (including phenoxy) is 2. The Labute approximate surface area is 182 Å². The Hall–Kier alpha value is -3.33. The molecule has 0 heterocycles. The molecular weight excluding hydrogens is 454 g/mol. The normalized spacial score (nSPS) is 10.5. The molecule has 2 aromatic rings. The van der Waals surface area contributed by atoms with E-state index in [4.69, 9.17) is 14.6 Å². The van der Waals surface area contributed by atoms with Crippen LogP contribution in [0.25, 0.3) is 0 Å². The number of carboxylic acids is 1. The second-order valence-corrected chi connectivity index (χ2v) is 7.03. The van der Waals surface area contributed by atoms with Gasteiger partial charge in [0.15, 0.2) is 18.1 Å². The predicted molar refractivity (Wildman–Crippen MR) is 119 cm³/mol. The molecule has 0 radical (unpaired) electrons. The van der Waals surface area contributed by atoms with Crippen molar-refractivity contribution >= 4 is 39.8 Å². The van der Waals surface area contributed by atoms with Crippen LogP contribution in [0.4, 0.5) is 10.5 Å². The lowest BCUT2D eigenvalue weighted by atomic mass is 10.1. The molecule has 0 atom stereocenters. The molecule has 0 aromatic heterocycles. The van der Waals surface area contributed by atoms with Gasteiger partial charge >= 0.3 is 12.0 Å². The maximum Gasteiger partial charge on any atom is 0.341 e. The van der Waals surface area contributed by atoms with Gasteiger partial charge in [0.05, 0.1) is 13.3 Å². The van der Waals surface area contributed by atoms with Crippen LogP contribution in [0.2, 0.25) is 0 Å². The minimum atomic E-state index is -1.09. The van der Waals surface area contributed by atoms with Crippen LogP contribution >= 0.6 is 15.9 Å². The number of hydrazone groups is 1. The molecule has 0 aliphatic carbocycles. The molecule has 9 heteroatoms. The SMILES string of the molecule is C=CCc1cc(/C=N/NC(=O)Nc2ccc(Br)c(C)c2)cc(OC)c1OCC(=O)O. The third-order valence-corrected chi connectivity index (χ3v) is 4.76. The third kappa shape index (κ3) is 6.63.